The molecule has 0 amide bonds. The van der Waals surface area contributed by atoms with E-state index in [-0.39, 0.29) is 13.2 Å². The van der Waals surface area contributed by atoms with Gasteiger partial charge in [-0.3, -0.25) is 4.52 Å². The molecular weight excluding hydrogens is 233 g/mol. The summed E-state index contributed by atoms with van der Waals surface area (Å²) in [5, 5.41) is 8.94. The Bertz CT molecular complexity index is 300. The number of hydrogen-bond donors (Lipinski definition) is 2. The number of aliphatic hydroxyl groups excluding tert-OH is 1. The van der Waals surface area contributed by atoms with Crippen LogP contribution in [0.25, 0.3) is 0 Å². The average Bonchev–Trinajstić information content (AvgIpc) is 2.27. The standard InChI is InChI=1S/C9H18NO5P/c1-4-8(2)6-13-7-9(5-11)14-16(3,12)15-10/h9,11H,1,3,5-7H2,2,10H3/q+2. The van der Waals surface area contributed by atoms with E-state index in [2.05, 4.69) is 29.5 Å². The average molecular weight is 251 g/mol. The van der Waals surface area contributed by atoms with Crippen LogP contribution in [0, 0.1) is 6.66 Å². The van der Waals surface area contributed by atoms with Crippen LogP contribution in [0.3, 0.4) is 0 Å². The molecule has 0 aliphatic rings. The molecule has 0 saturated carbocycles. The van der Waals surface area contributed by atoms with Crippen molar-refractivity contribution < 1.29 is 29.5 Å². The van der Waals surface area contributed by atoms with Crippen LogP contribution in [0.2, 0.25) is 0 Å². The molecule has 6 nitrogen and oxygen atoms in total. The first-order valence-corrected chi connectivity index (χ1v) is 6.28. The Hall–Kier alpha value is -0.580. The molecular formula is C9H18NO5P+2. The minimum atomic E-state index is -3.45. The van der Waals surface area contributed by atoms with Crippen molar-refractivity contribution in [3.8, 4) is 0 Å². The van der Waals surface area contributed by atoms with Gasteiger partial charge in [-0.2, -0.15) is 5.90 Å². The van der Waals surface area contributed by atoms with Crippen LogP contribution in [-0.2, 0) is 18.5 Å². The molecule has 0 radical (unpaired) electrons. The van der Waals surface area contributed by atoms with Gasteiger partial charge in [0.25, 0.3) is 0 Å². The van der Waals surface area contributed by atoms with E-state index >= 15 is 0 Å². The van der Waals surface area contributed by atoms with Crippen LogP contribution >= 0.6 is 7.60 Å². The van der Waals surface area contributed by atoms with Gasteiger partial charge in [0.05, 0.1) is 19.8 Å². The molecule has 7 heteroatoms. The van der Waals surface area contributed by atoms with E-state index in [1.807, 2.05) is 0 Å². The highest BCUT2D eigenvalue weighted by molar-refractivity contribution is 7.54. The van der Waals surface area contributed by atoms with Crippen molar-refractivity contribution in [1.29, 1.82) is 0 Å². The van der Waals surface area contributed by atoms with Gasteiger partial charge in [-0.15, -0.1) is 5.73 Å². The molecule has 0 bridgehead atoms. The SMILES string of the molecule is C=C=C(C)COCC(CO)OP([CH2+])(=O)O[NH3+]. The first kappa shape index (κ1) is 15.4. The summed E-state index contributed by atoms with van der Waals surface area (Å²) in [6.45, 7) is 8.47. The summed E-state index contributed by atoms with van der Waals surface area (Å²) in [6, 6.07) is 0. The summed E-state index contributed by atoms with van der Waals surface area (Å²) in [7, 11) is -3.45. The molecule has 0 heterocycles. The van der Waals surface area contributed by atoms with Crippen LogP contribution < -0.4 is 5.90 Å². The molecule has 0 saturated heterocycles. The van der Waals surface area contributed by atoms with Crippen LogP contribution in [0.4, 0.5) is 0 Å². The molecule has 16 heavy (non-hydrogen) atoms. The highest BCUT2D eigenvalue weighted by atomic mass is 31.2. The molecule has 0 aromatic heterocycles. The highest BCUT2D eigenvalue weighted by Crippen LogP contribution is 2.44. The van der Waals surface area contributed by atoms with Crippen molar-refractivity contribution in [2.45, 2.75) is 13.0 Å². The molecule has 2 atom stereocenters. The van der Waals surface area contributed by atoms with E-state index in [9.17, 15) is 4.57 Å². The lowest BCUT2D eigenvalue weighted by Crippen LogP contribution is -2.47. The van der Waals surface area contributed by atoms with Crippen molar-refractivity contribution in [2.75, 3.05) is 19.8 Å². The Morgan fingerprint density at radius 3 is 2.81 bits per heavy atom. The highest BCUT2D eigenvalue weighted by Gasteiger charge is 2.32. The Morgan fingerprint density at radius 1 is 1.75 bits per heavy atom. The summed E-state index contributed by atoms with van der Waals surface area (Å²) in [5.74, 6) is 2.97. The van der Waals surface area contributed by atoms with Gasteiger partial charge >= 0.3 is 7.60 Å². The van der Waals surface area contributed by atoms with E-state index in [0.29, 0.717) is 6.61 Å². The fraction of sp³-hybridized carbons (Fsp3) is 0.556. The first-order chi connectivity index (χ1) is 7.45. The van der Waals surface area contributed by atoms with Crippen molar-refractivity contribution in [1.82, 2.24) is 0 Å². The van der Waals surface area contributed by atoms with Crippen LogP contribution in [-0.4, -0.2) is 31.0 Å². The van der Waals surface area contributed by atoms with E-state index < -0.39 is 13.7 Å². The Kier molecular flexibility index (Phi) is 7.38. The predicted molar refractivity (Wildman–Crippen MR) is 58.0 cm³/mol. The zero-order valence-electron chi connectivity index (χ0n) is 9.35. The van der Waals surface area contributed by atoms with E-state index in [4.69, 9.17) is 14.4 Å². The van der Waals surface area contributed by atoms with Crippen LogP contribution in [0.5, 0.6) is 0 Å². The second-order valence-corrected chi connectivity index (χ2v) is 4.81. The molecule has 0 fully saturated rings. The molecule has 2 unspecified atom stereocenters. The van der Waals surface area contributed by atoms with Gasteiger partial charge in [0.15, 0.2) is 6.66 Å². The second-order valence-electron chi connectivity index (χ2n) is 3.12. The van der Waals surface area contributed by atoms with Crippen molar-refractivity contribution in [3.63, 3.8) is 0 Å². The summed E-state index contributed by atoms with van der Waals surface area (Å²) >= 11 is 0. The monoisotopic (exact) mass is 251 g/mol. The third kappa shape index (κ3) is 6.82. The molecule has 0 aliphatic carbocycles. The zero-order valence-corrected chi connectivity index (χ0v) is 10.2. The predicted octanol–water partition coefficient (Wildman–Crippen LogP) is 0.270. The molecule has 0 aliphatic heterocycles. The van der Waals surface area contributed by atoms with Crippen molar-refractivity contribution in [3.05, 3.63) is 24.5 Å². The van der Waals surface area contributed by atoms with Gasteiger partial charge in [0.2, 0.25) is 0 Å². The molecule has 0 aromatic rings. The lowest BCUT2D eigenvalue weighted by Gasteiger charge is -2.14. The Morgan fingerprint density at radius 2 is 2.38 bits per heavy atom. The quantitative estimate of drug-likeness (QED) is 0.279. The summed E-state index contributed by atoms with van der Waals surface area (Å²) in [4.78, 5) is 0. The minimum absolute atomic E-state index is 0.0678. The van der Waals surface area contributed by atoms with Crippen LogP contribution in [0.15, 0.2) is 17.9 Å². The molecule has 0 rings (SSSR count). The third-order valence-corrected chi connectivity index (χ3v) is 2.65. The maximum atomic E-state index is 11.3. The second kappa shape index (κ2) is 7.65. The molecule has 4 N–H and O–H groups in total. The number of hydrogen-bond acceptors (Lipinski definition) is 5. The van der Waals surface area contributed by atoms with Crippen LogP contribution in [0.1, 0.15) is 6.92 Å². The topological polar surface area (TPSA) is 92.6 Å². The first-order valence-electron chi connectivity index (χ1n) is 4.56. The van der Waals surface area contributed by atoms with Gasteiger partial charge in [-0.25, -0.2) is 4.57 Å². The van der Waals surface area contributed by atoms with Gasteiger partial charge in [-0.1, -0.05) is 11.2 Å². The number of quaternary nitrogens is 1. The van der Waals surface area contributed by atoms with Gasteiger partial charge in [0, 0.05) is 0 Å². The Balaban J connectivity index is 4.02. The maximum absolute atomic E-state index is 11.3. The fourth-order valence-electron chi connectivity index (χ4n) is 0.769. The summed E-state index contributed by atoms with van der Waals surface area (Å²) in [5.41, 5.74) is 3.47. The smallest absolute Gasteiger partial charge is 0.394 e. The van der Waals surface area contributed by atoms with E-state index in [1.54, 1.807) is 6.92 Å². The number of ether oxygens (including phenoxy) is 1. The van der Waals surface area contributed by atoms with Crippen molar-refractivity contribution >= 4 is 7.60 Å². The van der Waals surface area contributed by atoms with E-state index in [1.165, 1.54) is 0 Å². The van der Waals surface area contributed by atoms with Gasteiger partial charge in [0.1, 0.15) is 6.10 Å². The van der Waals surface area contributed by atoms with Gasteiger partial charge < -0.3 is 9.84 Å². The lowest BCUT2D eigenvalue weighted by atomic mass is 10.3. The summed E-state index contributed by atoms with van der Waals surface area (Å²) in [6.07, 6.45) is -0.761. The Labute approximate surface area is 95.2 Å². The molecule has 92 valence electrons. The molecule has 0 spiro atoms. The lowest BCUT2D eigenvalue weighted by molar-refractivity contribution is -0.640. The normalized spacial score (nSPS) is 16.2. The zero-order chi connectivity index (χ0) is 12.6. The summed E-state index contributed by atoms with van der Waals surface area (Å²) < 4.78 is 25.7. The largest absolute Gasteiger partial charge is 0.555 e. The van der Waals surface area contributed by atoms with Gasteiger partial charge in [-0.05, 0) is 12.5 Å². The maximum Gasteiger partial charge on any atom is 0.555 e. The molecule has 0 aromatic carbocycles. The fourth-order valence-corrected chi connectivity index (χ4v) is 1.41. The van der Waals surface area contributed by atoms with E-state index in [0.717, 1.165) is 5.57 Å². The third-order valence-electron chi connectivity index (χ3n) is 1.63. The minimum Gasteiger partial charge on any atom is -0.394 e. The van der Waals surface area contributed by atoms with Crippen molar-refractivity contribution in [2.24, 2.45) is 0 Å². The number of rotatable bonds is 8. The number of aliphatic hydroxyl groups is 1.